The van der Waals surface area contributed by atoms with E-state index in [4.69, 9.17) is 23.2 Å². The highest BCUT2D eigenvalue weighted by Crippen LogP contribution is 2.40. The molecule has 0 aliphatic rings. The maximum absolute atomic E-state index is 9.39. The van der Waals surface area contributed by atoms with Crippen molar-refractivity contribution in [3.8, 4) is 73.2 Å². The van der Waals surface area contributed by atoms with E-state index in [9.17, 15) is 1.37 Å². The highest BCUT2D eigenvalue weighted by molar-refractivity contribution is 6.15. The second-order valence-corrected chi connectivity index (χ2v) is 15.5. The Labute approximate surface area is 374 Å². The monoisotopic (exact) mass is 809 g/mol. The van der Waals surface area contributed by atoms with Gasteiger partial charge in [-0.25, -0.2) is 15.0 Å². The summed E-state index contributed by atoms with van der Waals surface area (Å²) >= 11 is 0. The number of para-hydroxylation sites is 2. The van der Waals surface area contributed by atoms with Crippen LogP contribution in [0.5, 0.6) is 0 Å². The predicted molar refractivity (Wildman–Crippen MR) is 262 cm³/mol. The Hall–Kier alpha value is -8.47. The van der Waals surface area contributed by atoms with Crippen LogP contribution in [0.4, 0.5) is 0 Å². The first-order valence-electron chi connectivity index (χ1n) is 24.3. The zero-order valence-corrected chi connectivity index (χ0v) is 33.7. The van der Waals surface area contributed by atoms with Crippen LogP contribution in [0.3, 0.4) is 0 Å². The van der Waals surface area contributed by atoms with Crippen LogP contribution in [0.25, 0.3) is 117 Å². The Morgan fingerprint density at radius 2 is 0.921 bits per heavy atom. The number of benzene rings is 10. The molecule has 2 aromatic heterocycles. The van der Waals surface area contributed by atoms with Crippen LogP contribution in [0.2, 0.25) is 0 Å². The molecule has 0 aliphatic heterocycles. The Bertz CT molecular complexity index is 4080. The van der Waals surface area contributed by atoms with Crippen LogP contribution in [-0.4, -0.2) is 19.5 Å². The maximum Gasteiger partial charge on any atom is 0.164 e. The molecule has 4 heteroatoms. The van der Waals surface area contributed by atoms with Gasteiger partial charge in [-0.3, -0.25) is 0 Å². The number of aromatic nitrogens is 4. The molecule has 10 aromatic carbocycles. The summed E-state index contributed by atoms with van der Waals surface area (Å²) in [4.78, 5) is 15.7. The van der Waals surface area contributed by atoms with Crippen molar-refractivity contribution in [1.29, 1.82) is 0 Å². The van der Waals surface area contributed by atoms with Gasteiger partial charge in [0.05, 0.1) is 20.6 Å². The zero-order valence-electron chi connectivity index (χ0n) is 40.7. The normalized spacial score (nSPS) is 13.0. The quantitative estimate of drug-likeness (QED) is 0.161. The van der Waals surface area contributed by atoms with Gasteiger partial charge in [0.15, 0.2) is 17.5 Å². The van der Waals surface area contributed by atoms with Crippen LogP contribution in [0, 0.1) is 0 Å². The molecule has 0 atom stereocenters. The molecule has 0 bridgehead atoms. The van der Waals surface area contributed by atoms with Crippen molar-refractivity contribution in [2.24, 2.45) is 0 Å². The second kappa shape index (κ2) is 15.2. The van der Waals surface area contributed by atoms with Crippen molar-refractivity contribution >= 4 is 43.4 Å². The molecule has 0 N–H and O–H groups in total. The van der Waals surface area contributed by atoms with Gasteiger partial charge >= 0.3 is 0 Å². The number of nitrogens with zero attached hydrogens (tertiary/aromatic N) is 4. The Balaban J connectivity index is 1.14. The van der Waals surface area contributed by atoms with E-state index in [0.29, 0.717) is 34.2 Å². The van der Waals surface area contributed by atoms with E-state index in [2.05, 4.69) is 77.4 Å². The van der Waals surface area contributed by atoms with E-state index in [1.54, 1.807) is 0 Å². The molecule has 0 spiro atoms. The van der Waals surface area contributed by atoms with E-state index >= 15 is 0 Å². The summed E-state index contributed by atoms with van der Waals surface area (Å²) < 4.78 is 64.7. The summed E-state index contributed by atoms with van der Waals surface area (Å²) in [6.07, 6.45) is 0. The molecular formula is C59H38N4. The number of fused-ring (bicyclic) bond motifs is 5. The molecule has 0 radical (unpaired) electrons. The zero-order chi connectivity index (χ0) is 47.8. The summed E-state index contributed by atoms with van der Waals surface area (Å²) in [5.74, 6) is 1.19. The fraction of sp³-hybridized carbons (Fsp3) is 0. The molecular weight excluding hydrogens is 765 g/mol. The van der Waals surface area contributed by atoms with Gasteiger partial charge < -0.3 is 4.57 Å². The van der Waals surface area contributed by atoms with Gasteiger partial charge in [-0.15, -0.1) is 0 Å². The molecule has 294 valence electrons. The summed E-state index contributed by atoms with van der Waals surface area (Å²) in [7, 11) is 0. The third-order valence-corrected chi connectivity index (χ3v) is 11.7. The molecule has 0 fully saturated rings. The summed E-state index contributed by atoms with van der Waals surface area (Å²) in [6.45, 7) is 0. The third kappa shape index (κ3) is 6.53. The second-order valence-electron chi connectivity index (χ2n) is 15.5. The lowest BCUT2D eigenvalue weighted by molar-refractivity contribution is 1.08. The van der Waals surface area contributed by atoms with E-state index in [-0.39, 0.29) is 22.4 Å². The van der Waals surface area contributed by atoms with E-state index < -0.39 is 36.3 Å². The first-order chi connectivity index (χ1) is 34.1. The van der Waals surface area contributed by atoms with Crippen molar-refractivity contribution in [2.45, 2.75) is 0 Å². The van der Waals surface area contributed by atoms with Crippen LogP contribution < -0.4 is 0 Å². The van der Waals surface area contributed by atoms with Crippen LogP contribution in [-0.2, 0) is 0 Å². The van der Waals surface area contributed by atoms with Gasteiger partial charge in [0, 0.05) is 33.2 Å². The molecule has 12 aromatic rings. The fourth-order valence-electron chi connectivity index (χ4n) is 8.73. The van der Waals surface area contributed by atoms with E-state index in [0.717, 1.165) is 66.1 Å². The predicted octanol–water partition coefficient (Wildman–Crippen LogP) is 15.3. The smallest absolute Gasteiger partial charge is 0.164 e. The van der Waals surface area contributed by atoms with E-state index in [1.807, 2.05) is 115 Å². The van der Waals surface area contributed by atoms with Crippen LogP contribution in [0.1, 0.15) is 9.60 Å². The summed E-state index contributed by atoms with van der Waals surface area (Å²) in [5.41, 5.74) is 9.39. The minimum Gasteiger partial charge on any atom is -0.309 e. The largest absolute Gasteiger partial charge is 0.309 e. The third-order valence-electron chi connectivity index (χ3n) is 11.7. The first kappa shape index (κ1) is 29.7. The SMILES string of the molecule is [2H]c1c([2H])c([2H])c2c(-c3cc(-c4ccc5cc(-c6ccccc6)ccc5c4)cc(-c4nc(-c5ccccc5)nc(-c5cccc6c5c5ccccc5n6-c5ccccc5)n4)c3)c([2H])c([2H])c([2H])c2c1[2H]. The standard InChI is InChI=1S/C59H38N4/c1-4-16-39(17-5-1)42-30-31-44-35-45(33-32-43(44)34-42)46-36-47(51-26-14-21-40-18-10-11-24-50(40)51)38-48(37-46)58-60-57(41-19-6-2-7-20-41)61-59(62-58)53-27-15-29-55-56(53)52-25-12-13-28-54(52)63(55)49-22-8-3-9-23-49/h1-38H/i10D,11D,14D,18D,21D,24D,26D. The van der Waals surface area contributed by atoms with Gasteiger partial charge in [-0.05, 0) is 110 Å². The van der Waals surface area contributed by atoms with Crippen molar-refractivity contribution in [3.05, 3.63) is 230 Å². The molecule has 0 saturated carbocycles. The first-order valence-corrected chi connectivity index (χ1v) is 20.8. The molecule has 2 heterocycles. The highest BCUT2D eigenvalue weighted by Gasteiger charge is 2.20. The fourth-order valence-corrected chi connectivity index (χ4v) is 8.73. The van der Waals surface area contributed by atoms with Crippen molar-refractivity contribution in [2.75, 3.05) is 0 Å². The molecule has 0 saturated heterocycles. The summed E-state index contributed by atoms with van der Waals surface area (Å²) in [6, 6.07) is 59.8. The minimum absolute atomic E-state index is 0.00477. The Kier molecular flexibility index (Phi) is 7.17. The molecule has 0 unspecified atom stereocenters. The Morgan fingerprint density at radius 1 is 0.333 bits per heavy atom. The minimum atomic E-state index is -0.511. The van der Waals surface area contributed by atoms with Gasteiger partial charge in [0.1, 0.15) is 0 Å². The Morgan fingerprint density at radius 3 is 1.70 bits per heavy atom. The molecule has 12 rings (SSSR count). The number of hydrogen-bond donors (Lipinski definition) is 0. The lowest BCUT2D eigenvalue weighted by Crippen LogP contribution is -2.01. The molecule has 63 heavy (non-hydrogen) atoms. The number of hydrogen-bond acceptors (Lipinski definition) is 3. The molecule has 0 aliphatic carbocycles. The maximum atomic E-state index is 9.39. The van der Waals surface area contributed by atoms with Crippen LogP contribution >= 0.6 is 0 Å². The van der Waals surface area contributed by atoms with Gasteiger partial charge in [-0.1, -0.05) is 176 Å². The lowest BCUT2D eigenvalue weighted by atomic mass is 9.92. The van der Waals surface area contributed by atoms with Gasteiger partial charge in [0.2, 0.25) is 0 Å². The summed E-state index contributed by atoms with van der Waals surface area (Å²) in [5, 5.41) is 3.91. The van der Waals surface area contributed by atoms with Gasteiger partial charge in [0.25, 0.3) is 0 Å². The molecule has 0 amide bonds. The van der Waals surface area contributed by atoms with Crippen molar-refractivity contribution in [1.82, 2.24) is 19.5 Å². The average Bonchev–Trinajstić information content (AvgIpc) is 3.76. The lowest BCUT2D eigenvalue weighted by Gasteiger charge is -2.14. The average molecular weight is 810 g/mol. The molecule has 4 nitrogen and oxygen atoms in total. The highest BCUT2D eigenvalue weighted by atomic mass is 15.0. The van der Waals surface area contributed by atoms with Crippen molar-refractivity contribution in [3.63, 3.8) is 0 Å². The van der Waals surface area contributed by atoms with Crippen LogP contribution in [0.15, 0.2) is 230 Å². The van der Waals surface area contributed by atoms with E-state index in [1.165, 1.54) is 0 Å². The van der Waals surface area contributed by atoms with Crippen molar-refractivity contribution < 1.29 is 9.60 Å². The topological polar surface area (TPSA) is 43.6 Å². The number of rotatable bonds is 7. The van der Waals surface area contributed by atoms with Gasteiger partial charge in [-0.2, -0.15) is 0 Å².